The van der Waals surface area contributed by atoms with Crippen molar-refractivity contribution in [2.45, 2.75) is 50.9 Å². The summed E-state index contributed by atoms with van der Waals surface area (Å²) in [5.74, 6) is 1.13. The highest BCUT2D eigenvalue weighted by Crippen LogP contribution is 2.58. The quantitative estimate of drug-likeness (QED) is 0.684. The van der Waals surface area contributed by atoms with Crippen LogP contribution in [0.2, 0.25) is 0 Å². The molecule has 4 rings (SSSR count). The molecule has 2 unspecified atom stereocenters. The number of rotatable bonds is 1. The molecule has 2 bridgehead atoms. The second-order valence-corrected chi connectivity index (χ2v) is 6.49. The van der Waals surface area contributed by atoms with E-state index in [1.165, 1.54) is 30.4 Å². The molecular formula is C18H20O. The Morgan fingerprint density at radius 3 is 2.95 bits per heavy atom. The molecule has 0 heterocycles. The molecule has 19 heavy (non-hydrogen) atoms. The number of carbonyl (C=O) groups is 1. The molecule has 2 atom stereocenters. The minimum atomic E-state index is 0.305. The molecule has 0 aromatic heterocycles. The number of ketones is 1. The molecule has 1 saturated carbocycles. The molecule has 98 valence electrons. The third-order valence-corrected chi connectivity index (χ3v) is 5.65. The van der Waals surface area contributed by atoms with Gasteiger partial charge in [-0.05, 0) is 55.2 Å². The zero-order chi connectivity index (χ0) is 13.0. The van der Waals surface area contributed by atoms with Gasteiger partial charge in [0.05, 0.1) is 0 Å². The zero-order valence-electron chi connectivity index (χ0n) is 11.5. The van der Waals surface area contributed by atoms with Gasteiger partial charge in [-0.15, -0.1) is 0 Å². The third-order valence-electron chi connectivity index (χ3n) is 5.65. The van der Waals surface area contributed by atoms with Crippen LogP contribution >= 0.6 is 0 Å². The van der Waals surface area contributed by atoms with E-state index in [4.69, 9.17) is 0 Å². The normalized spacial score (nSPS) is 31.7. The molecule has 0 saturated heterocycles. The third kappa shape index (κ3) is 1.45. The van der Waals surface area contributed by atoms with Gasteiger partial charge in [0, 0.05) is 17.4 Å². The summed E-state index contributed by atoms with van der Waals surface area (Å²) < 4.78 is 0. The van der Waals surface area contributed by atoms with Gasteiger partial charge in [-0.25, -0.2) is 0 Å². The molecule has 1 aromatic rings. The van der Waals surface area contributed by atoms with Crippen molar-refractivity contribution in [3.05, 3.63) is 46.5 Å². The number of allylic oxidation sites excluding steroid dienone is 2. The lowest BCUT2D eigenvalue weighted by Gasteiger charge is -2.41. The average Bonchev–Trinajstić information content (AvgIpc) is 3.04. The van der Waals surface area contributed by atoms with Gasteiger partial charge in [0.2, 0.25) is 0 Å². The highest BCUT2D eigenvalue weighted by atomic mass is 16.1. The summed E-state index contributed by atoms with van der Waals surface area (Å²) in [5.41, 5.74) is 5.66. The molecule has 0 N–H and O–H groups in total. The maximum atomic E-state index is 12.3. The predicted octanol–water partition coefficient (Wildman–Crippen LogP) is 4.20. The predicted molar refractivity (Wildman–Crippen MR) is 76.5 cm³/mol. The number of Topliss-reactive ketones (excluding diaryl/α,β-unsaturated/α-hetero) is 1. The van der Waals surface area contributed by atoms with Crippen molar-refractivity contribution in [1.82, 2.24) is 0 Å². The van der Waals surface area contributed by atoms with Crippen LogP contribution in [0.5, 0.6) is 0 Å². The molecule has 3 aliphatic carbocycles. The summed E-state index contributed by atoms with van der Waals surface area (Å²) in [6.45, 7) is 2.16. The van der Waals surface area contributed by atoms with E-state index in [1.54, 1.807) is 5.57 Å². The lowest BCUT2D eigenvalue weighted by molar-refractivity contribution is 0.0939. The number of aryl methyl sites for hydroxylation is 1. The second-order valence-electron chi connectivity index (χ2n) is 6.49. The van der Waals surface area contributed by atoms with Gasteiger partial charge in [-0.3, -0.25) is 4.79 Å². The van der Waals surface area contributed by atoms with E-state index in [0.29, 0.717) is 11.2 Å². The van der Waals surface area contributed by atoms with Gasteiger partial charge < -0.3 is 0 Å². The fourth-order valence-corrected chi connectivity index (χ4v) is 4.60. The summed E-state index contributed by atoms with van der Waals surface area (Å²) in [6, 6.07) is 6.67. The maximum Gasteiger partial charge on any atom is 0.163 e. The summed E-state index contributed by atoms with van der Waals surface area (Å²) in [5, 5.41) is 0. The Morgan fingerprint density at radius 2 is 2.26 bits per heavy atom. The van der Waals surface area contributed by atoms with Crippen molar-refractivity contribution in [2.24, 2.45) is 5.92 Å². The van der Waals surface area contributed by atoms with Crippen LogP contribution in [0.25, 0.3) is 0 Å². The van der Waals surface area contributed by atoms with Gasteiger partial charge in [0.15, 0.2) is 5.78 Å². The van der Waals surface area contributed by atoms with Crippen LogP contribution in [0.4, 0.5) is 0 Å². The molecule has 1 spiro atoms. The lowest BCUT2D eigenvalue weighted by Crippen LogP contribution is -2.37. The van der Waals surface area contributed by atoms with E-state index in [1.807, 2.05) is 0 Å². The second kappa shape index (κ2) is 3.82. The van der Waals surface area contributed by atoms with Crippen molar-refractivity contribution in [3.8, 4) is 0 Å². The van der Waals surface area contributed by atoms with Crippen molar-refractivity contribution >= 4 is 5.78 Å². The van der Waals surface area contributed by atoms with Crippen molar-refractivity contribution in [2.75, 3.05) is 0 Å². The first-order valence-electron chi connectivity index (χ1n) is 7.57. The van der Waals surface area contributed by atoms with E-state index in [2.05, 4.69) is 31.2 Å². The van der Waals surface area contributed by atoms with Gasteiger partial charge >= 0.3 is 0 Å². The molecule has 1 heteroatoms. The largest absolute Gasteiger partial charge is 0.294 e. The number of hydrogen-bond donors (Lipinski definition) is 0. The number of benzene rings is 1. The van der Waals surface area contributed by atoms with E-state index in [0.717, 1.165) is 30.7 Å². The van der Waals surface area contributed by atoms with E-state index >= 15 is 0 Å². The SMILES string of the molecule is CCc1ccc2c(c1)C(=O)CCC21CC2=CCC1C2. The highest BCUT2D eigenvalue weighted by molar-refractivity contribution is 5.99. The standard InChI is InChI=1S/C18H20O/c1-2-12-4-6-16-15(10-12)17(19)7-8-18(16)11-13-3-5-14(18)9-13/h3-4,6,10,14H,2,5,7-9,11H2,1H3. The molecule has 0 aliphatic heterocycles. The molecule has 3 aliphatic rings. The minimum absolute atomic E-state index is 0.305. The topological polar surface area (TPSA) is 17.1 Å². The Bertz CT molecular complexity index is 596. The highest BCUT2D eigenvalue weighted by Gasteiger charge is 2.51. The minimum Gasteiger partial charge on any atom is -0.294 e. The Balaban J connectivity index is 1.88. The van der Waals surface area contributed by atoms with Crippen LogP contribution in [0.15, 0.2) is 29.8 Å². The average molecular weight is 252 g/mol. The summed E-state index contributed by atoms with van der Waals surface area (Å²) in [4.78, 5) is 12.3. The van der Waals surface area contributed by atoms with Crippen LogP contribution in [-0.4, -0.2) is 5.78 Å². The molecule has 1 aromatic carbocycles. The maximum absolute atomic E-state index is 12.3. The first-order chi connectivity index (χ1) is 9.23. The van der Waals surface area contributed by atoms with Crippen molar-refractivity contribution in [1.29, 1.82) is 0 Å². The first kappa shape index (κ1) is 11.5. The number of fused-ring (bicyclic) bond motifs is 5. The Morgan fingerprint density at radius 1 is 1.37 bits per heavy atom. The number of hydrogen-bond acceptors (Lipinski definition) is 1. The van der Waals surface area contributed by atoms with Crippen LogP contribution in [0.3, 0.4) is 0 Å². The van der Waals surface area contributed by atoms with Gasteiger partial charge in [0.1, 0.15) is 0 Å². The first-order valence-corrected chi connectivity index (χ1v) is 7.57. The number of carbonyl (C=O) groups excluding carboxylic acids is 1. The Labute approximate surface area is 114 Å². The Hall–Kier alpha value is -1.37. The van der Waals surface area contributed by atoms with Crippen molar-refractivity contribution < 1.29 is 4.79 Å². The van der Waals surface area contributed by atoms with Crippen molar-refractivity contribution in [3.63, 3.8) is 0 Å². The van der Waals surface area contributed by atoms with Crippen LogP contribution < -0.4 is 0 Å². The van der Waals surface area contributed by atoms with E-state index in [9.17, 15) is 4.79 Å². The zero-order valence-corrected chi connectivity index (χ0v) is 11.5. The molecule has 0 radical (unpaired) electrons. The lowest BCUT2D eigenvalue weighted by atomic mass is 9.62. The van der Waals surface area contributed by atoms with E-state index < -0.39 is 0 Å². The van der Waals surface area contributed by atoms with Crippen LogP contribution in [0, 0.1) is 5.92 Å². The Kier molecular flexibility index (Phi) is 2.30. The molecule has 1 fully saturated rings. The smallest absolute Gasteiger partial charge is 0.163 e. The van der Waals surface area contributed by atoms with Gasteiger partial charge in [-0.2, -0.15) is 0 Å². The fourth-order valence-electron chi connectivity index (χ4n) is 4.60. The fraction of sp³-hybridized carbons (Fsp3) is 0.500. The summed E-state index contributed by atoms with van der Waals surface area (Å²) >= 11 is 0. The van der Waals surface area contributed by atoms with Crippen LogP contribution in [0.1, 0.15) is 60.5 Å². The van der Waals surface area contributed by atoms with Gasteiger partial charge in [0.25, 0.3) is 0 Å². The summed E-state index contributed by atoms with van der Waals surface area (Å²) in [7, 11) is 0. The van der Waals surface area contributed by atoms with E-state index in [-0.39, 0.29) is 0 Å². The van der Waals surface area contributed by atoms with Crippen LogP contribution in [-0.2, 0) is 11.8 Å². The summed E-state index contributed by atoms with van der Waals surface area (Å²) in [6.07, 6.45) is 9.01. The molecular weight excluding hydrogens is 232 g/mol. The molecule has 0 amide bonds. The monoisotopic (exact) mass is 252 g/mol. The molecule has 1 nitrogen and oxygen atoms in total. The van der Waals surface area contributed by atoms with Gasteiger partial charge in [-0.1, -0.05) is 30.7 Å².